The number of amides is 2. The Morgan fingerprint density at radius 2 is 1.89 bits per heavy atom. The van der Waals surface area contributed by atoms with Gasteiger partial charge in [0.15, 0.2) is 5.13 Å². The summed E-state index contributed by atoms with van der Waals surface area (Å²) in [6.07, 6.45) is 7.78. The molecule has 0 aromatic carbocycles. The Morgan fingerprint density at radius 1 is 1.14 bits per heavy atom. The highest BCUT2D eigenvalue weighted by atomic mass is 32.1. The molecule has 10 heteroatoms. The predicted octanol–water partition coefficient (Wildman–Crippen LogP) is 5.43. The standard InChI is InChI=1S/C27H40N6O3S/c1-6-9-20-17-28-25(37-20)31-22-16-18(2)29-23(30-22)19-11-14-32(15-12-19)24(34)21-10-7-8-13-33(21)26(35)36-27(3,4)5/h16-17,19,21H,6-15H2,1-5H3,(H,28,29,30,31). The molecule has 2 aromatic heterocycles. The van der Waals surface area contributed by atoms with Gasteiger partial charge < -0.3 is 15.0 Å². The first-order valence-electron chi connectivity index (χ1n) is 13.5. The minimum atomic E-state index is -0.584. The van der Waals surface area contributed by atoms with E-state index in [2.05, 4.69) is 17.2 Å². The van der Waals surface area contributed by atoms with E-state index >= 15 is 0 Å². The van der Waals surface area contributed by atoms with E-state index in [9.17, 15) is 9.59 Å². The van der Waals surface area contributed by atoms with Crippen molar-refractivity contribution < 1.29 is 14.3 Å². The van der Waals surface area contributed by atoms with Crippen molar-refractivity contribution in [1.82, 2.24) is 24.8 Å². The van der Waals surface area contributed by atoms with E-state index < -0.39 is 17.7 Å². The lowest BCUT2D eigenvalue weighted by Gasteiger charge is -2.40. The first kappa shape index (κ1) is 27.3. The number of thiazole rings is 1. The van der Waals surface area contributed by atoms with Gasteiger partial charge in [-0.3, -0.25) is 9.69 Å². The van der Waals surface area contributed by atoms with Crippen LogP contribution in [0.2, 0.25) is 0 Å². The Kier molecular flexibility index (Phi) is 8.67. The summed E-state index contributed by atoms with van der Waals surface area (Å²) in [5.41, 5.74) is 0.325. The molecule has 0 bridgehead atoms. The highest BCUT2D eigenvalue weighted by Crippen LogP contribution is 2.30. The van der Waals surface area contributed by atoms with Gasteiger partial charge in [0.05, 0.1) is 0 Å². The van der Waals surface area contributed by atoms with Gasteiger partial charge in [-0.1, -0.05) is 13.3 Å². The molecule has 2 fully saturated rings. The summed E-state index contributed by atoms with van der Waals surface area (Å²) >= 11 is 1.66. The van der Waals surface area contributed by atoms with Crippen molar-refractivity contribution in [1.29, 1.82) is 0 Å². The molecule has 0 saturated carbocycles. The largest absolute Gasteiger partial charge is 0.444 e. The van der Waals surface area contributed by atoms with E-state index in [-0.39, 0.29) is 11.8 Å². The number of rotatable bonds is 6. The Hall–Kier alpha value is -2.75. The van der Waals surface area contributed by atoms with Crippen LogP contribution in [0.25, 0.3) is 0 Å². The fourth-order valence-corrected chi connectivity index (χ4v) is 5.89. The van der Waals surface area contributed by atoms with Crippen LogP contribution in [0.15, 0.2) is 12.3 Å². The van der Waals surface area contributed by atoms with Crippen LogP contribution in [0.3, 0.4) is 0 Å². The maximum Gasteiger partial charge on any atom is 0.410 e. The average Bonchev–Trinajstić information content (AvgIpc) is 3.29. The van der Waals surface area contributed by atoms with Gasteiger partial charge in [-0.05, 0) is 66.2 Å². The van der Waals surface area contributed by atoms with E-state index in [0.29, 0.717) is 26.1 Å². The number of hydrogen-bond acceptors (Lipinski definition) is 8. The summed E-state index contributed by atoms with van der Waals surface area (Å²) < 4.78 is 5.59. The maximum atomic E-state index is 13.5. The Bertz CT molecular complexity index is 1090. The second-order valence-electron chi connectivity index (χ2n) is 11.0. The lowest BCUT2D eigenvalue weighted by Crippen LogP contribution is -2.55. The van der Waals surface area contributed by atoms with Crippen molar-refractivity contribution >= 4 is 34.3 Å². The smallest absolute Gasteiger partial charge is 0.410 e. The van der Waals surface area contributed by atoms with Crippen molar-refractivity contribution in [2.75, 3.05) is 25.0 Å². The summed E-state index contributed by atoms with van der Waals surface area (Å²) in [4.78, 5) is 45.1. The number of piperidine rings is 2. The second-order valence-corrected chi connectivity index (χ2v) is 12.2. The van der Waals surface area contributed by atoms with Crippen LogP contribution in [0, 0.1) is 6.92 Å². The van der Waals surface area contributed by atoms with Crippen LogP contribution in [-0.4, -0.2) is 68.0 Å². The topological polar surface area (TPSA) is 101 Å². The molecule has 2 aliphatic rings. The zero-order valence-corrected chi connectivity index (χ0v) is 23.6. The summed E-state index contributed by atoms with van der Waals surface area (Å²) in [7, 11) is 0. The molecule has 1 unspecified atom stereocenters. The van der Waals surface area contributed by atoms with Crippen LogP contribution in [-0.2, 0) is 16.0 Å². The van der Waals surface area contributed by atoms with Gasteiger partial charge in [0.2, 0.25) is 5.91 Å². The van der Waals surface area contributed by atoms with E-state index in [0.717, 1.165) is 61.0 Å². The monoisotopic (exact) mass is 528 g/mol. The zero-order chi connectivity index (χ0) is 26.6. The Balaban J connectivity index is 1.38. The lowest BCUT2D eigenvalue weighted by molar-refractivity contribution is -0.139. The second kappa shape index (κ2) is 11.8. The third-order valence-electron chi connectivity index (χ3n) is 6.74. The number of likely N-dealkylation sites (tertiary alicyclic amines) is 2. The van der Waals surface area contributed by atoms with Gasteiger partial charge in [0, 0.05) is 48.4 Å². The third-order valence-corrected chi connectivity index (χ3v) is 7.72. The highest BCUT2D eigenvalue weighted by Gasteiger charge is 2.38. The molecule has 2 saturated heterocycles. The van der Waals surface area contributed by atoms with Crippen molar-refractivity contribution in [3.63, 3.8) is 0 Å². The van der Waals surface area contributed by atoms with Gasteiger partial charge in [-0.2, -0.15) is 0 Å². The number of ether oxygens (including phenoxy) is 1. The van der Waals surface area contributed by atoms with Crippen LogP contribution in [0.1, 0.15) is 88.5 Å². The number of anilines is 2. The molecule has 4 heterocycles. The molecule has 4 rings (SSSR count). The SMILES string of the molecule is CCCc1cnc(Nc2cc(C)nc(C3CCN(C(=O)C4CCCCN4C(=O)OC(C)(C)C)CC3)n2)s1. The van der Waals surface area contributed by atoms with Crippen molar-refractivity contribution in [3.8, 4) is 0 Å². The molecular weight excluding hydrogens is 488 g/mol. The molecule has 37 heavy (non-hydrogen) atoms. The van der Waals surface area contributed by atoms with Crippen LogP contribution in [0.4, 0.5) is 15.7 Å². The normalized spacial score (nSPS) is 19.1. The quantitative estimate of drug-likeness (QED) is 0.533. The molecule has 0 aliphatic carbocycles. The molecule has 202 valence electrons. The number of nitrogens with one attached hydrogen (secondary N) is 1. The molecule has 2 amide bonds. The van der Waals surface area contributed by atoms with E-state index in [1.54, 1.807) is 16.2 Å². The lowest BCUT2D eigenvalue weighted by atomic mass is 9.94. The number of aromatic nitrogens is 3. The third kappa shape index (κ3) is 7.18. The van der Waals surface area contributed by atoms with Gasteiger partial charge in [-0.15, -0.1) is 11.3 Å². The molecule has 2 aliphatic heterocycles. The molecule has 9 nitrogen and oxygen atoms in total. The van der Waals surface area contributed by atoms with E-state index in [4.69, 9.17) is 14.7 Å². The Labute approximate surface area is 224 Å². The molecule has 1 N–H and O–H groups in total. The number of carbonyl (C=O) groups excluding carboxylic acids is 2. The van der Waals surface area contributed by atoms with E-state index in [1.165, 1.54) is 4.88 Å². The first-order chi connectivity index (χ1) is 17.6. The fourth-order valence-electron chi connectivity index (χ4n) is 4.97. The molecule has 0 spiro atoms. The number of hydrogen-bond donors (Lipinski definition) is 1. The average molecular weight is 529 g/mol. The Morgan fingerprint density at radius 3 is 2.59 bits per heavy atom. The minimum absolute atomic E-state index is 0.0307. The first-order valence-corrected chi connectivity index (χ1v) is 14.3. The summed E-state index contributed by atoms with van der Waals surface area (Å²) in [5, 5.41) is 4.19. The minimum Gasteiger partial charge on any atom is -0.444 e. The molecule has 0 radical (unpaired) electrons. The number of carbonyl (C=O) groups is 2. The van der Waals surface area contributed by atoms with Crippen LogP contribution >= 0.6 is 11.3 Å². The van der Waals surface area contributed by atoms with Gasteiger partial charge in [0.25, 0.3) is 0 Å². The van der Waals surface area contributed by atoms with Gasteiger partial charge in [-0.25, -0.2) is 19.7 Å². The van der Waals surface area contributed by atoms with Crippen LogP contribution in [0.5, 0.6) is 0 Å². The van der Waals surface area contributed by atoms with Gasteiger partial charge in [0.1, 0.15) is 23.3 Å². The van der Waals surface area contributed by atoms with E-state index in [1.807, 2.05) is 44.9 Å². The maximum absolute atomic E-state index is 13.5. The summed E-state index contributed by atoms with van der Waals surface area (Å²) in [5.74, 6) is 1.79. The van der Waals surface area contributed by atoms with Crippen molar-refractivity contribution in [3.05, 3.63) is 28.7 Å². The number of aryl methyl sites for hydroxylation is 2. The predicted molar refractivity (Wildman–Crippen MR) is 145 cm³/mol. The number of nitrogens with zero attached hydrogens (tertiary/aromatic N) is 5. The van der Waals surface area contributed by atoms with Crippen molar-refractivity contribution in [2.45, 2.75) is 97.1 Å². The fraction of sp³-hybridized carbons (Fsp3) is 0.667. The van der Waals surface area contributed by atoms with Crippen molar-refractivity contribution in [2.24, 2.45) is 0 Å². The highest BCUT2D eigenvalue weighted by molar-refractivity contribution is 7.15. The summed E-state index contributed by atoms with van der Waals surface area (Å²) in [6, 6.07) is 1.50. The van der Waals surface area contributed by atoms with Crippen LogP contribution < -0.4 is 5.32 Å². The summed E-state index contributed by atoms with van der Waals surface area (Å²) in [6.45, 7) is 11.5. The molecule has 1 atom stereocenters. The zero-order valence-electron chi connectivity index (χ0n) is 22.7. The van der Waals surface area contributed by atoms with Gasteiger partial charge >= 0.3 is 6.09 Å². The molecule has 2 aromatic rings. The molecular formula is C27H40N6O3S.